The van der Waals surface area contributed by atoms with Crippen LogP contribution in [0.25, 0.3) is 6.08 Å². The molecular formula is C27H41. The fourth-order valence-corrected chi connectivity index (χ4v) is 4.84. The predicted molar refractivity (Wildman–Crippen MR) is 120 cm³/mol. The molecule has 1 radical (unpaired) electrons. The third kappa shape index (κ3) is 7.47. The molecule has 3 rings (SSSR count). The Morgan fingerprint density at radius 1 is 0.407 bits per heavy atom. The molecule has 0 saturated heterocycles. The van der Waals surface area contributed by atoms with E-state index in [-0.39, 0.29) is 0 Å². The van der Waals surface area contributed by atoms with Crippen molar-refractivity contribution in [2.45, 2.75) is 116 Å². The average Bonchev–Trinajstić information content (AvgIpc) is 3.13. The number of hydrogen-bond donors (Lipinski definition) is 0. The summed E-state index contributed by atoms with van der Waals surface area (Å²) in [6.07, 6.45) is 32.5. The molecule has 0 saturated carbocycles. The zero-order valence-electron chi connectivity index (χ0n) is 17.6. The molecule has 0 unspecified atom stereocenters. The fourth-order valence-electron chi connectivity index (χ4n) is 4.84. The fraction of sp³-hybridized carbons (Fsp3) is 0.667. The standard InChI is InChI=1S/C27H41/c1-2-4-6-8-10-12-14-16-19-25-23-27-21-17-20-26(27)22-24(25)18-15-13-11-9-7-5-3-1/h17,20-23H,1-16,18-19H2. The zero-order valence-corrected chi connectivity index (χ0v) is 17.6. The van der Waals surface area contributed by atoms with E-state index in [9.17, 15) is 0 Å². The maximum Gasteiger partial charge on any atom is 0.0131 e. The van der Waals surface area contributed by atoms with Crippen LogP contribution >= 0.6 is 0 Å². The first-order valence-corrected chi connectivity index (χ1v) is 12.1. The molecule has 1 aromatic carbocycles. The molecule has 2 aliphatic rings. The van der Waals surface area contributed by atoms with Crippen molar-refractivity contribution in [3.63, 3.8) is 0 Å². The van der Waals surface area contributed by atoms with Crippen molar-refractivity contribution in [3.05, 3.63) is 46.9 Å². The summed E-state index contributed by atoms with van der Waals surface area (Å²) in [5, 5.41) is 0. The van der Waals surface area contributed by atoms with Crippen molar-refractivity contribution < 1.29 is 0 Å². The van der Waals surface area contributed by atoms with Gasteiger partial charge in [-0.3, -0.25) is 0 Å². The van der Waals surface area contributed by atoms with Gasteiger partial charge in [0.25, 0.3) is 0 Å². The summed E-state index contributed by atoms with van der Waals surface area (Å²) >= 11 is 0. The smallest absolute Gasteiger partial charge is 0.0131 e. The molecule has 0 amide bonds. The van der Waals surface area contributed by atoms with Crippen molar-refractivity contribution in [1.29, 1.82) is 0 Å². The van der Waals surface area contributed by atoms with E-state index in [2.05, 4.69) is 30.7 Å². The lowest BCUT2D eigenvalue weighted by Crippen LogP contribution is -1.99. The molecule has 149 valence electrons. The van der Waals surface area contributed by atoms with Gasteiger partial charge >= 0.3 is 0 Å². The first-order chi connectivity index (χ1) is 13.4. The Morgan fingerprint density at radius 3 is 1.22 bits per heavy atom. The Labute approximate surface area is 168 Å². The highest BCUT2D eigenvalue weighted by Gasteiger charge is 2.11. The Kier molecular flexibility index (Phi) is 9.52. The lowest BCUT2D eigenvalue weighted by atomic mass is 9.92. The Hall–Kier alpha value is -1.04. The highest BCUT2D eigenvalue weighted by atomic mass is 14.2. The lowest BCUT2D eigenvalue weighted by Gasteiger charge is -2.13. The average molecular weight is 366 g/mol. The second-order valence-electron chi connectivity index (χ2n) is 8.93. The number of fused-ring (bicyclic) bond motifs is 2. The van der Waals surface area contributed by atoms with Gasteiger partial charge in [-0.15, -0.1) is 0 Å². The molecule has 27 heavy (non-hydrogen) atoms. The van der Waals surface area contributed by atoms with Crippen molar-refractivity contribution in [1.82, 2.24) is 0 Å². The van der Waals surface area contributed by atoms with Crippen LogP contribution in [0.3, 0.4) is 0 Å². The van der Waals surface area contributed by atoms with Crippen molar-refractivity contribution >= 4 is 6.08 Å². The van der Waals surface area contributed by atoms with Crippen molar-refractivity contribution in [2.75, 3.05) is 0 Å². The zero-order chi connectivity index (χ0) is 18.6. The largest absolute Gasteiger partial charge is 0.0755 e. The Bertz CT molecular complexity index is 566. The molecule has 0 bridgehead atoms. The van der Waals surface area contributed by atoms with Gasteiger partial charge in [0, 0.05) is 6.42 Å². The normalized spacial score (nSPS) is 21.3. The van der Waals surface area contributed by atoms with Crippen LogP contribution in [0.15, 0.2) is 18.2 Å². The van der Waals surface area contributed by atoms with Gasteiger partial charge in [0.15, 0.2) is 0 Å². The van der Waals surface area contributed by atoms with Crippen LogP contribution in [-0.4, -0.2) is 0 Å². The molecule has 0 heteroatoms. The summed E-state index contributed by atoms with van der Waals surface area (Å²) in [7, 11) is 0. The Morgan fingerprint density at radius 2 is 0.778 bits per heavy atom. The van der Waals surface area contributed by atoms with Crippen LogP contribution in [0.5, 0.6) is 0 Å². The molecule has 0 nitrogen and oxygen atoms in total. The summed E-state index contributed by atoms with van der Waals surface area (Å²) in [5.74, 6) is 0. The number of aryl methyl sites for hydroxylation is 2. The molecule has 0 spiro atoms. The number of allylic oxidation sites excluding steroid dienone is 1. The molecule has 0 aliphatic heterocycles. The van der Waals surface area contributed by atoms with Gasteiger partial charge in [0.05, 0.1) is 0 Å². The maximum atomic E-state index is 2.50. The van der Waals surface area contributed by atoms with Gasteiger partial charge < -0.3 is 0 Å². The minimum absolute atomic E-state index is 1.29. The topological polar surface area (TPSA) is 0 Å². The summed E-state index contributed by atoms with van der Waals surface area (Å²) in [4.78, 5) is 0. The quantitative estimate of drug-likeness (QED) is 0.431. The van der Waals surface area contributed by atoms with Gasteiger partial charge in [-0.1, -0.05) is 114 Å². The SMILES string of the molecule is [CH]1C=Cc2cc3c(cc21)CCCCCCCCCCCCCCCCCC3. The second kappa shape index (κ2) is 12.4. The summed E-state index contributed by atoms with van der Waals surface area (Å²) in [6, 6.07) is 4.99. The van der Waals surface area contributed by atoms with E-state index in [1.807, 2.05) is 0 Å². The summed E-state index contributed by atoms with van der Waals surface area (Å²) in [5.41, 5.74) is 6.18. The van der Waals surface area contributed by atoms with E-state index < -0.39 is 0 Å². The molecule has 1 aromatic rings. The highest BCUT2D eigenvalue weighted by Crippen LogP contribution is 2.28. The predicted octanol–water partition coefficient (Wildman–Crippen LogP) is 8.61. The molecule has 0 heterocycles. The van der Waals surface area contributed by atoms with Crippen LogP contribution in [0.2, 0.25) is 0 Å². The number of benzene rings is 1. The van der Waals surface area contributed by atoms with Crippen LogP contribution in [0.4, 0.5) is 0 Å². The Balaban J connectivity index is 1.53. The second-order valence-corrected chi connectivity index (χ2v) is 8.93. The van der Waals surface area contributed by atoms with Crippen LogP contribution in [0, 0.1) is 6.42 Å². The minimum atomic E-state index is 1.29. The molecule has 0 atom stereocenters. The summed E-state index contributed by atoms with van der Waals surface area (Å²) in [6.45, 7) is 0. The molecular weight excluding hydrogens is 324 g/mol. The number of rotatable bonds is 0. The van der Waals surface area contributed by atoms with Crippen molar-refractivity contribution in [3.8, 4) is 0 Å². The maximum absolute atomic E-state index is 2.50. The van der Waals surface area contributed by atoms with E-state index >= 15 is 0 Å². The molecule has 0 aromatic heterocycles. The summed E-state index contributed by atoms with van der Waals surface area (Å²) < 4.78 is 0. The van der Waals surface area contributed by atoms with Crippen molar-refractivity contribution in [2.24, 2.45) is 0 Å². The molecule has 0 fully saturated rings. The van der Waals surface area contributed by atoms with E-state index in [1.165, 1.54) is 127 Å². The minimum Gasteiger partial charge on any atom is -0.0755 e. The van der Waals surface area contributed by atoms with Crippen LogP contribution in [-0.2, 0) is 12.8 Å². The van der Waals surface area contributed by atoms with Gasteiger partial charge in [-0.05, 0) is 47.9 Å². The highest BCUT2D eigenvalue weighted by molar-refractivity contribution is 5.66. The number of hydrogen-bond acceptors (Lipinski definition) is 0. The van der Waals surface area contributed by atoms with E-state index in [1.54, 1.807) is 11.1 Å². The van der Waals surface area contributed by atoms with Gasteiger partial charge in [0.2, 0.25) is 0 Å². The first-order valence-electron chi connectivity index (χ1n) is 12.1. The van der Waals surface area contributed by atoms with E-state index in [4.69, 9.17) is 0 Å². The third-order valence-corrected chi connectivity index (χ3v) is 6.60. The van der Waals surface area contributed by atoms with Gasteiger partial charge in [-0.2, -0.15) is 0 Å². The van der Waals surface area contributed by atoms with E-state index in [0.29, 0.717) is 0 Å². The first kappa shape index (κ1) is 20.7. The van der Waals surface area contributed by atoms with Gasteiger partial charge in [-0.25, -0.2) is 0 Å². The molecule has 2 aliphatic carbocycles. The monoisotopic (exact) mass is 365 g/mol. The van der Waals surface area contributed by atoms with Gasteiger partial charge in [0.1, 0.15) is 0 Å². The molecule has 0 N–H and O–H groups in total. The van der Waals surface area contributed by atoms with E-state index in [0.717, 1.165) is 0 Å². The van der Waals surface area contributed by atoms with Crippen LogP contribution in [0.1, 0.15) is 125 Å². The van der Waals surface area contributed by atoms with Crippen LogP contribution < -0.4 is 0 Å². The lowest BCUT2D eigenvalue weighted by molar-refractivity contribution is 0.526. The third-order valence-electron chi connectivity index (χ3n) is 6.60.